The molecule has 1 N–H and O–H groups in total. The van der Waals surface area contributed by atoms with Crippen LogP contribution in [0.4, 0.5) is 0 Å². The molecular formula is C11H13LiO3. The van der Waals surface area contributed by atoms with Gasteiger partial charge in [0.2, 0.25) is 0 Å². The van der Waals surface area contributed by atoms with Gasteiger partial charge >= 0.3 is 18.9 Å². The molecular weight excluding hydrogens is 187 g/mol. The van der Waals surface area contributed by atoms with Crippen LogP contribution in [0.25, 0.3) is 0 Å². The first-order valence-electron chi connectivity index (χ1n) is 4.50. The average molecular weight is 200 g/mol. The molecule has 0 heterocycles. The van der Waals surface area contributed by atoms with Crippen molar-refractivity contribution < 1.29 is 33.9 Å². The summed E-state index contributed by atoms with van der Waals surface area (Å²) in [5.74, 6) is -1.17. The van der Waals surface area contributed by atoms with Crippen molar-refractivity contribution in [2.24, 2.45) is 0 Å². The van der Waals surface area contributed by atoms with E-state index >= 15 is 0 Å². The van der Waals surface area contributed by atoms with E-state index in [0.717, 1.165) is 5.56 Å². The number of hydrogen-bond acceptors (Lipinski definition) is 3. The van der Waals surface area contributed by atoms with Crippen LogP contribution in [0.1, 0.15) is 30.4 Å². The molecule has 0 bridgehead atoms. The number of carboxylic acid groups (broad SMARTS) is 1. The topological polar surface area (TPSA) is 60.4 Å². The van der Waals surface area contributed by atoms with Crippen molar-refractivity contribution in [2.45, 2.75) is 26.2 Å². The Labute approximate surface area is 101 Å². The van der Waals surface area contributed by atoms with Crippen LogP contribution in [0.15, 0.2) is 18.2 Å². The number of hydrogen-bond donors (Lipinski definition) is 1. The van der Waals surface area contributed by atoms with Gasteiger partial charge < -0.3 is 15.0 Å². The van der Waals surface area contributed by atoms with E-state index < -0.39 is 5.97 Å². The van der Waals surface area contributed by atoms with E-state index in [-0.39, 0.29) is 36.9 Å². The summed E-state index contributed by atoms with van der Waals surface area (Å²) >= 11 is 0. The number of aliphatic carboxylic acids is 1. The van der Waals surface area contributed by atoms with E-state index in [0.29, 0.717) is 5.56 Å². The maximum absolute atomic E-state index is 10.4. The number of aromatic hydroxyl groups is 1. The molecule has 1 rings (SSSR count). The van der Waals surface area contributed by atoms with Crippen LogP contribution < -0.4 is 24.0 Å². The molecule has 0 fully saturated rings. The Morgan fingerprint density at radius 1 is 1.53 bits per heavy atom. The molecule has 1 aromatic carbocycles. The normalized spacial score (nSPS) is 11.6. The molecule has 0 aliphatic heterocycles. The Bertz CT molecular complexity index is 350. The van der Waals surface area contributed by atoms with E-state index in [1.807, 2.05) is 13.0 Å². The summed E-state index contributed by atoms with van der Waals surface area (Å²) in [5, 5.41) is 19.9. The van der Waals surface area contributed by atoms with Gasteiger partial charge in [-0.15, -0.1) is 0 Å². The molecule has 15 heavy (non-hydrogen) atoms. The van der Waals surface area contributed by atoms with E-state index in [4.69, 9.17) is 0 Å². The molecule has 0 aliphatic carbocycles. The van der Waals surface area contributed by atoms with E-state index in [9.17, 15) is 15.0 Å². The van der Waals surface area contributed by atoms with Gasteiger partial charge in [-0.1, -0.05) is 19.1 Å². The number of carboxylic acids is 1. The minimum Gasteiger partial charge on any atom is -0.550 e. The quantitative estimate of drug-likeness (QED) is 0.571. The molecule has 0 aliphatic rings. The number of rotatable bonds is 3. The predicted molar refractivity (Wildman–Crippen MR) is 50.9 cm³/mol. The average Bonchev–Trinajstić information content (AvgIpc) is 2.01. The summed E-state index contributed by atoms with van der Waals surface area (Å²) < 4.78 is 0. The predicted octanol–water partition coefficient (Wildman–Crippen LogP) is -2.05. The van der Waals surface area contributed by atoms with Gasteiger partial charge in [0.05, 0.1) is 0 Å². The maximum Gasteiger partial charge on any atom is 1.00 e. The second-order valence-corrected chi connectivity index (χ2v) is 3.54. The van der Waals surface area contributed by atoms with Crippen LogP contribution in [0.3, 0.4) is 0 Å². The van der Waals surface area contributed by atoms with Crippen LogP contribution in [-0.4, -0.2) is 11.1 Å². The van der Waals surface area contributed by atoms with Crippen molar-refractivity contribution in [3.8, 4) is 5.75 Å². The number of benzene rings is 1. The van der Waals surface area contributed by atoms with Crippen LogP contribution in [0, 0.1) is 6.92 Å². The first kappa shape index (κ1) is 14.1. The maximum atomic E-state index is 10.4. The Hall–Kier alpha value is -0.913. The van der Waals surface area contributed by atoms with Crippen molar-refractivity contribution in [2.75, 3.05) is 0 Å². The van der Waals surface area contributed by atoms with Crippen molar-refractivity contribution in [3.63, 3.8) is 0 Å². The second-order valence-electron chi connectivity index (χ2n) is 3.54. The second kappa shape index (κ2) is 5.84. The Kier molecular flexibility index (Phi) is 5.49. The number of phenolic OH excluding ortho intramolecular Hbond substituents is 1. The zero-order valence-electron chi connectivity index (χ0n) is 9.28. The van der Waals surface area contributed by atoms with E-state index in [2.05, 4.69) is 0 Å². The first-order valence-corrected chi connectivity index (χ1v) is 4.50. The van der Waals surface area contributed by atoms with Gasteiger partial charge in [-0.05, 0) is 36.5 Å². The van der Waals surface area contributed by atoms with Gasteiger partial charge in [0.15, 0.2) is 0 Å². The number of carbonyl (C=O) groups excluding carboxylic acids is 1. The van der Waals surface area contributed by atoms with Crippen molar-refractivity contribution in [3.05, 3.63) is 29.3 Å². The monoisotopic (exact) mass is 200 g/mol. The summed E-state index contributed by atoms with van der Waals surface area (Å²) in [6, 6.07) is 5.22. The number of carbonyl (C=O) groups is 1. The van der Waals surface area contributed by atoms with Crippen molar-refractivity contribution >= 4 is 5.97 Å². The molecule has 4 heteroatoms. The molecule has 3 nitrogen and oxygen atoms in total. The summed E-state index contributed by atoms with van der Waals surface area (Å²) in [7, 11) is 0. The molecule has 0 saturated carbocycles. The van der Waals surface area contributed by atoms with Crippen molar-refractivity contribution in [1.82, 2.24) is 0 Å². The van der Waals surface area contributed by atoms with Gasteiger partial charge in [0, 0.05) is 5.97 Å². The molecule has 1 aromatic rings. The zero-order chi connectivity index (χ0) is 10.7. The van der Waals surface area contributed by atoms with Gasteiger partial charge in [0.25, 0.3) is 0 Å². The summed E-state index contributed by atoms with van der Waals surface area (Å²) in [6.07, 6.45) is -0.0728. The minimum absolute atomic E-state index is 0. The fourth-order valence-electron chi connectivity index (χ4n) is 1.43. The van der Waals surface area contributed by atoms with Crippen LogP contribution in [-0.2, 0) is 4.79 Å². The van der Waals surface area contributed by atoms with E-state index in [1.54, 1.807) is 19.1 Å². The van der Waals surface area contributed by atoms with Crippen LogP contribution in [0.5, 0.6) is 5.75 Å². The molecule has 0 aromatic heterocycles. The molecule has 1 unspecified atom stereocenters. The molecule has 0 radical (unpaired) electrons. The van der Waals surface area contributed by atoms with E-state index in [1.165, 1.54) is 0 Å². The fourth-order valence-corrected chi connectivity index (χ4v) is 1.43. The SMILES string of the molecule is Cc1ccc(C(C)CC(=O)[O-])c(O)c1.[Li+]. The number of aryl methyl sites for hydroxylation is 1. The van der Waals surface area contributed by atoms with Crippen LogP contribution >= 0.6 is 0 Å². The van der Waals surface area contributed by atoms with Gasteiger partial charge in [-0.3, -0.25) is 0 Å². The van der Waals surface area contributed by atoms with Crippen LogP contribution in [0.2, 0.25) is 0 Å². The molecule has 1 atom stereocenters. The van der Waals surface area contributed by atoms with Gasteiger partial charge in [-0.2, -0.15) is 0 Å². The first-order chi connectivity index (χ1) is 6.50. The molecule has 0 amide bonds. The molecule has 0 saturated heterocycles. The Morgan fingerprint density at radius 2 is 2.13 bits per heavy atom. The summed E-state index contributed by atoms with van der Waals surface area (Å²) in [5.41, 5.74) is 1.60. The minimum atomic E-state index is -1.10. The third kappa shape index (κ3) is 3.99. The number of phenols is 1. The Balaban J connectivity index is 0.00000196. The fraction of sp³-hybridized carbons (Fsp3) is 0.364. The largest absolute Gasteiger partial charge is 1.00 e. The third-order valence-corrected chi connectivity index (χ3v) is 2.19. The Morgan fingerprint density at radius 3 is 2.60 bits per heavy atom. The molecule has 76 valence electrons. The standard InChI is InChI=1S/C11H14O3.Li/c1-7-3-4-9(10(12)5-7)8(2)6-11(13)14;/h3-5,8,12H,6H2,1-2H3,(H,13,14);/q;+1/p-1. The smallest absolute Gasteiger partial charge is 0.550 e. The van der Waals surface area contributed by atoms with Gasteiger partial charge in [0.1, 0.15) is 5.75 Å². The summed E-state index contributed by atoms with van der Waals surface area (Å²) in [4.78, 5) is 10.4. The zero-order valence-corrected chi connectivity index (χ0v) is 9.28. The molecule has 0 spiro atoms. The van der Waals surface area contributed by atoms with Crippen molar-refractivity contribution in [1.29, 1.82) is 0 Å². The van der Waals surface area contributed by atoms with Gasteiger partial charge in [-0.25, -0.2) is 0 Å². The summed E-state index contributed by atoms with van der Waals surface area (Å²) in [6.45, 7) is 3.62. The third-order valence-electron chi connectivity index (χ3n) is 2.19.